The van der Waals surface area contributed by atoms with Gasteiger partial charge in [0.05, 0.1) is 24.0 Å². The number of hydrogen-bond acceptors (Lipinski definition) is 7. The van der Waals surface area contributed by atoms with Crippen LogP contribution in [-0.2, 0) is 0 Å². The Hall–Kier alpha value is -3.17. The second-order valence-electron chi connectivity index (χ2n) is 9.13. The second-order valence-corrected chi connectivity index (χ2v) is 9.53. The molecule has 0 aliphatic carbocycles. The van der Waals surface area contributed by atoms with Gasteiger partial charge in [-0.1, -0.05) is 11.6 Å². The number of rotatable bonds is 7. The van der Waals surface area contributed by atoms with Gasteiger partial charge in [-0.25, -0.2) is 9.97 Å². The minimum absolute atomic E-state index is 0.00373. The Morgan fingerprint density at radius 1 is 1.09 bits per heavy atom. The van der Waals surface area contributed by atoms with Crippen molar-refractivity contribution in [1.82, 2.24) is 29.5 Å². The topological polar surface area (TPSA) is 88.4 Å². The third kappa shape index (κ3) is 5.57. The number of aromatic nitrogens is 4. The largest absolute Gasteiger partial charge is 0.495 e. The van der Waals surface area contributed by atoms with E-state index in [-0.39, 0.29) is 11.9 Å². The fraction of sp³-hybridized carbons (Fsp3) is 0.440. The van der Waals surface area contributed by atoms with Crippen LogP contribution >= 0.6 is 11.6 Å². The summed E-state index contributed by atoms with van der Waals surface area (Å²) in [5.41, 5.74) is 2.44. The van der Waals surface area contributed by atoms with Crippen molar-refractivity contribution < 1.29 is 9.53 Å². The Kier molecular flexibility index (Phi) is 7.57. The van der Waals surface area contributed by atoms with Crippen molar-refractivity contribution in [2.24, 2.45) is 0 Å². The third-order valence-electron chi connectivity index (χ3n) is 6.15. The number of nitrogens with zero attached hydrogens (tertiary/aromatic N) is 6. The smallest absolute Gasteiger partial charge is 0.254 e. The molecule has 1 N–H and O–H groups in total. The zero-order valence-electron chi connectivity index (χ0n) is 20.8. The number of nitrogens with one attached hydrogen (secondary N) is 1. The van der Waals surface area contributed by atoms with Crippen LogP contribution in [0.25, 0.3) is 11.4 Å². The van der Waals surface area contributed by atoms with Gasteiger partial charge in [0.15, 0.2) is 0 Å². The average molecular weight is 498 g/mol. The maximum atomic E-state index is 13.1. The first-order chi connectivity index (χ1) is 16.8. The number of carbonyl (C=O) groups is 1. The number of hydrogen-bond donors (Lipinski definition) is 1. The molecule has 4 rings (SSSR count). The molecule has 2 aromatic heterocycles. The summed E-state index contributed by atoms with van der Waals surface area (Å²) >= 11 is 6.36. The molecule has 0 spiro atoms. The highest BCUT2D eigenvalue weighted by atomic mass is 35.5. The van der Waals surface area contributed by atoms with Gasteiger partial charge in [0.2, 0.25) is 5.95 Å². The first kappa shape index (κ1) is 24.9. The zero-order valence-corrected chi connectivity index (χ0v) is 21.6. The lowest BCUT2D eigenvalue weighted by Crippen LogP contribution is -2.50. The van der Waals surface area contributed by atoms with Gasteiger partial charge in [0, 0.05) is 50.0 Å². The van der Waals surface area contributed by atoms with Crippen molar-refractivity contribution in [2.45, 2.75) is 39.8 Å². The molecule has 186 valence electrons. The molecule has 0 radical (unpaired) electrons. The molecule has 0 bridgehead atoms. The Bertz CT molecular complexity index is 1190. The van der Waals surface area contributed by atoms with Crippen molar-refractivity contribution in [2.75, 3.05) is 38.6 Å². The van der Waals surface area contributed by atoms with Crippen LogP contribution in [0.4, 0.5) is 11.6 Å². The molecule has 1 saturated heterocycles. The monoisotopic (exact) mass is 497 g/mol. The minimum Gasteiger partial charge on any atom is -0.495 e. The van der Waals surface area contributed by atoms with Crippen molar-refractivity contribution in [1.29, 1.82) is 0 Å². The summed E-state index contributed by atoms with van der Waals surface area (Å²) < 4.78 is 7.42. The molecule has 0 unspecified atom stereocenters. The number of anilines is 2. The molecule has 1 amide bonds. The number of halogens is 1. The van der Waals surface area contributed by atoms with Crippen LogP contribution in [0.3, 0.4) is 0 Å². The van der Waals surface area contributed by atoms with Gasteiger partial charge in [-0.15, -0.1) is 0 Å². The van der Waals surface area contributed by atoms with Crippen LogP contribution in [0.1, 0.15) is 44.1 Å². The molecular weight excluding hydrogens is 466 g/mol. The van der Waals surface area contributed by atoms with Crippen LogP contribution in [-0.4, -0.2) is 74.8 Å². The normalized spacial score (nSPS) is 14.6. The van der Waals surface area contributed by atoms with E-state index in [0.29, 0.717) is 58.5 Å². The molecule has 1 aromatic carbocycles. The maximum Gasteiger partial charge on any atom is 0.254 e. The molecule has 0 saturated carbocycles. The lowest BCUT2D eigenvalue weighted by atomic mass is 10.1. The molecule has 1 aliphatic rings. The van der Waals surface area contributed by atoms with Crippen molar-refractivity contribution in [3.63, 3.8) is 0 Å². The number of benzene rings is 1. The SMILES string of the molecule is COc1cc(C(=O)N2CCN(C(C)C)CC2)ccc1Nc1ncc(Cl)c(-c2ccn(C(C)C)n2)n1. The van der Waals surface area contributed by atoms with Crippen LogP contribution in [0.2, 0.25) is 5.02 Å². The summed E-state index contributed by atoms with van der Waals surface area (Å²) in [5.74, 6) is 0.885. The molecule has 1 aliphatic heterocycles. The zero-order chi connectivity index (χ0) is 25.1. The molecule has 9 nitrogen and oxygen atoms in total. The van der Waals surface area contributed by atoms with Gasteiger partial charge in [-0.3, -0.25) is 14.4 Å². The number of methoxy groups -OCH3 is 1. The van der Waals surface area contributed by atoms with Gasteiger partial charge >= 0.3 is 0 Å². The van der Waals surface area contributed by atoms with Crippen LogP contribution in [0.5, 0.6) is 5.75 Å². The average Bonchev–Trinajstić information content (AvgIpc) is 3.35. The van der Waals surface area contributed by atoms with Gasteiger partial charge in [-0.2, -0.15) is 5.10 Å². The standard InChI is InChI=1S/C25H32ClN7O2/c1-16(2)31-10-12-32(13-11-31)24(34)18-6-7-20(22(14-18)35-5)28-25-27-15-19(26)23(29-25)21-8-9-33(30-21)17(3)4/h6-9,14-17H,10-13H2,1-5H3,(H,27,28,29). The summed E-state index contributed by atoms with van der Waals surface area (Å²) in [6.45, 7) is 11.7. The second kappa shape index (κ2) is 10.6. The Labute approximate surface area is 211 Å². The lowest BCUT2D eigenvalue weighted by Gasteiger charge is -2.37. The highest BCUT2D eigenvalue weighted by Gasteiger charge is 2.24. The van der Waals surface area contributed by atoms with Gasteiger partial charge in [0.1, 0.15) is 17.1 Å². The predicted octanol–water partition coefficient (Wildman–Crippen LogP) is 4.49. The number of piperazine rings is 1. The highest BCUT2D eigenvalue weighted by molar-refractivity contribution is 6.32. The predicted molar refractivity (Wildman–Crippen MR) is 138 cm³/mol. The third-order valence-corrected chi connectivity index (χ3v) is 6.43. The lowest BCUT2D eigenvalue weighted by molar-refractivity contribution is 0.0595. The van der Waals surface area contributed by atoms with Gasteiger partial charge in [0.25, 0.3) is 5.91 Å². The molecule has 10 heteroatoms. The first-order valence-electron chi connectivity index (χ1n) is 11.8. The fourth-order valence-electron chi connectivity index (χ4n) is 4.03. The van der Waals surface area contributed by atoms with E-state index in [2.05, 4.69) is 53.0 Å². The van der Waals surface area contributed by atoms with Crippen LogP contribution in [0.15, 0.2) is 36.7 Å². The van der Waals surface area contributed by atoms with Gasteiger partial charge < -0.3 is 15.0 Å². The quantitative estimate of drug-likeness (QED) is 0.514. The van der Waals surface area contributed by atoms with Crippen LogP contribution < -0.4 is 10.1 Å². The molecule has 0 atom stereocenters. The Balaban J connectivity index is 1.52. The fourth-order valence-corrected chi connectivity index (χ4v) is 4.22. The van der Waals surface area contributed by atoms with Crippen molar-refractivity contribution >= 4 is 29.1 Å². The summed E-state index contributed by atoms with van der Waals surface area (Å²) in [6.07, 6.45) is 3.44. The number of amides is 1. The summed E-state index contributed by atoms with van der Waals surface area (Å²) in [7, 11) is 1.57. The summed E-state index contributed by atoms with van der Waals surface area (Å²) in [4.78, 5) is 26.2. The van der Waals surface area contributed by atoms with E-state index in [0.717, 1.165) is 13.1 Å². The summed E-state index contributed by atoms with van der Waals surface area (Å²) in [6, 6.07) is 7.94. The van der Waals surface area contributed by atoms with E-state index in [1.807, 2.05) is 27.9 Å². The highest BCUT2D eigenvalue weighted by Crippen LogP contribution is 2.31. The molecule has 3 heterocycles. The Morgan fingerprint density at radius 3 is 2.46 bits per heavy atom. The van der Waals surface area contributed by atoms with Crippen molar-refractivity contribution in [3.05, 3.63) is 47.2 Å². The van der Waals surface area contributed by atoms with Gasteiger partial charge in [-0.05, 0) is 52.0 Å². The number of ether oxygens (including phenoxy) is 1. The van der Waals surface area contributed by atoms with E-state index in [9.17, 15) is 4.79 Å². The molecule has 35 heavy (non-hydrogen) atoms. The van der Waals surface area contributed by atoms with E-state index in [4.69, 9.17) is 16.3 Å². The number of carbonyl (C=O) groups excluding carboxylic acids is 1. The molecular formula is C25H32ClN7O2. The van der Waals surface area contributed by atoms with E-state index in [1.54, 1.807) is 25.4 Å². The van der Waals surface area contributed by atoms with Crippen LogP contribution in [0, 0.1) is 0 Å². The maximum absolute atomic E-state index is 13.1. The molecule has 1 fully saturated rings. The van der Waals surface area contributed by atoms with E-state index in [1.165, 1.54) is 0 Å². The summed E-state index contributed by atoms with van der Waals surface area (Å²) in [5, 5.41) is 8.15. The first-order valence-corrected chi connectivity index (χ1v) is 12.2. The van der Waals surface area contributed by atoms with E-state index >= 15 is 0 Å². The van der Waals surface area contributed by atoms with E-state index < -0.39 is 0 Å². The van der Waals surface area contributed by atoms with Crippen molar-refractivity contribution in [3.8, 4) is 17.1 Å². The minimum atomic E-state index is 0.00373. The Morgan fingerprint density at radius 2 is 1.83 bits per heavy atom. The molecule has 3 aromatic rings.